The van der Waals surface area contributed by atoms with E-state index in [4.69, 9.17) is 0 Å². The number of pyridine rings is 1. The summed E-state index contributed by atoms with van der Waals surface area (Å²) in [6.45, 7) is 1.10. The summed E-state index contributed by atoms with van der Waals surface area (Å²) < 4.78 is 3.13. The first-order valence-corrected chi connectivity index (χ1v) is 12.1. The Bertz CT molecular complexity index is 1570. The zero-order chi connectivity index (χ0) is 26.4. The molecule has 1 saturated heterocycles. The SMILES string of the molecule is CNC(=O)c1nnc(NC(=O)C2CC2)cc1Nc1nc2ccc(C3CN(C(=O)c4ncn(C)n4)C3)cn2n1. The Labute approximate surface area is 215 Å². The second kappa shape index (κ2) is 9.17. The van der Waals surface area contributed by atoms with Crippen LogP contribution in [0.5, 0.6) is 0 Å². The van der Waals surface area contributed by atoms with Crippen LogP contribution in [0.4, 0.5) is 17.5 Å². The molecule has 194 valence electrons. The lowest BCUT2D eigenvalue weighted by Crippen LogP contribution is -2.48. The number of hydrogen-bond donors (Lipinski definition) is 3. The van der Waals surface area contributed by atoms with Gasteiger partial charge in [-0.2, -0.15) is 4.98 Å². The van der Waals surface area contributed by atoms with E-state index in [-0.39, 0.29) is 46.9 Å². The molecule has 3 N–H and O–H groups in total. The number of hydrogen-bond acceptors (Lipinski definition) is 10. The monoisotopic (exact) mass is 516 g/mol. The molecule has 0 aromatic carbocycles. The number of aromatic nitrogens is 8. The van der Waals surface area contributed by atoms with Gasteiger partial charge < -0.3 is 20.9 Å². The van der Waals surface area contributed by atoms with Crippen molar-refractivity contribution in [1.82, 2.24) is 49.8 Å². The molecule has 0 bridgehead atoms. The molecule has 1 aliphatic heterocycles. The van der Waals surface area contributed by atoms with Crippen molar-refractivity contribution in [2.75, 3.05) is 30.8 Å². The standard InChI is InChI=1S/C23H24N12O3/c1-24-21(37)18-15(7-16(29-30-18)27-20(36)12-3-4-12)26-23-28-17-6-5-13(10-35(17)32-23)14-8-34(9-14)22(38)19-25-11-33(2)31-19/h5-7,10-12,14H,3-4,8-9H2,1-2H3,(H,24,37)(H2,26,27,29,32,36). The summed E-state index contributed by atoms with van der Waals surface area (Å²) in [7, 11) is 3.21. The van der Waals surface area contributed by atoms with E-state index in [0.717, 1.165) is 18.4 Å². The number of anilines is 3. The Morgan fingerprint density at radius 1 is 1.08 bits per heavy atom. The van der Waals surface area contributed by atoms with Gasteiger partial charge in [-0.3, -0.25) is 19.1 Å². The lowest BCUT2D eigenvalue weighted by Gasteiger charge is -2.38. The third kappa shape index (κ3) is 4.49. The highest BCUT2D eigenvalue weighted by molar-refractivity contribution is 5.99. The lowest BCUT2D eigenvalue weighted by atomic mass is 9.92. The van der Waals surface area contributed by atoms with Gasteiger partial charge in [-0.05, 0) is 24.5 Å². The number of fused-ring (bicyclic) bond motifs is 1. The molecule has 1 saturated carbocycles. The molecule has 4 aromatic rings. The number of nitrogens with zero attached hydrogens (tertiary/aromatic N) is 9. The highest BCUT2D eigenvalue weighted by atomic mass is 16.2. The summed E-state index contributed by atoms with van der Waals surface area (Å²) >= 11 is 0. The minimum Gasteiger partial charge on any atom is -0.354 e. The predicted octanol–water partition coefficient (Wildman–Crippen LogP) is 0.339. The Hall–Kier alpha value is -4.95. The fourth-order valence-electron chi connectivity index (χ4n) is 4.16. The summed E-state index contributed by atoms with van der Waals surface area (Å²) in [4.78, 5) is 47.2. The first kappa shape index (κ1) is 23.4. The molecule has 2 aliphatic rings. The molecule has 0 radical (unpaired) electrons. The maximum absolute atomic E-state index is 12.5. The first-order chi connectivity index (χ1) is 18.4. The van der Waals surface area contributed by atoms with Gasteiger partial charge in [0.2, 0.25) is 17.7 Å². The van der Waals surface area contributed by atoms with Crippen LogP contribution in [0, 0.1) is 5.92 Å². The fraction of sp³-hybridized carbons (Fsp3) is 0.348. The van der Waals surface area contributed by atoms with Crippen molar-refractivity contribution >= 4 is 40.8 Å². The smallest absolute Gasteiger partial charge is 0.293 e. The fourth-order valence-corrected chi connectivity index (χ4v) is 4.16. The number of carbonyl (C=O) groups excluding carboxylic acids is 3. The van der Waals surface area contributed by atoms with Gasteiger partial charge in [0.1, 0.15) is 6.33 Å². The summed E-state index contributed by atoms with van der Waals surface area (Å²) in [6.07, 6.45) is 5.07. The van der Waals surface area contributed by atoms with E-state index in [9.17, 15) is 14.4 Å². The Kier molecular flexibility index (Phi) is 5.66. The second-order valence-electron chi connectivity index (χ2n) is 9.31. The van der Waals surface area contributed by atoms with Crippen LogP contribution in [0.15, 0.2) is 30.7 Å². The number of nitrogens with one attached hydrogen (secondary N) is 3. The van der Waals surface area contributed by atoms with Crippen molar-refractivity contribution in [3.63, 3.8) is 0 Å². The maximum Gasteiger partial charge on any atom is 0.293 e. The number of likely N-dealkylation sites (tertiary alicyclic amines) is 1. The normalized spacial score (nSPS) is 15.3. The Balaban J connectivity index is 1.18. The quantitative estimate of drug-likeness (QED) is 0.310. The average Bonchev–Trinajstić information content (AvgIpc) is 3.52. The Morgan fingerprint density at radius 2 is 1.89 bits per heavy atom. The molecule has 15 nitrogen and oxygen atoms in total. The molecule has 15 heteroatoms. The molecule has 6 rings (SSSR count). The van der Waals surface area contributed by atoms with Gasteiger partial charge in [0.25, 0.3) is 11.8 Å². The average molecular weight is 517 g/mol. The van der Waals surface area contributed by atoms with Gasteiger partial charge >= 0.3 is 0 Å². The van der Waals surface area contributed by atoms with E-state index in [2.05, 4.69) is 46.3 Å². The molecule has 38 heavy (non-hydrogen) atoms. The Morgan fingerprint density at radius 3 is 2.61 bits per heavy atom. The summed E-state index contributed by atoms with van der Waals surface area (Å²) in [5, 5.41) is 24.8. The highest BCUT2D eigenvalue weighted by Crippen LogP contribution is 2.31. The topological polar surface area (TPSA) is 177 Å². The lowest BCUT2D eigenvalue weighted by molar-refractivity contribution is -0.117. The van der Waals surface area contributed by atoms with E-state index >= 15 is 0 Å². The van der Waals surface area contributed by atoms with Crippen molar-refractivity contribution in [1.29, 1.82) is 0 Å². The molecule has 1 aliphatic carbocycles. The third-order valence-electron chi connectivity index (χ3n) is 6.47. The molecule has 3 amide bonds. The van der Waals surface area contributed by atoms with Crippen LogP contribution in [0.25, 0.3) is 5.65 Å². The largest absolute Gasteiger partial charge is 0.354 e. The van der Waals surface area contributed by atoms with Crippen molar-refractivity contribution in [3.8, 4) is 0 Å². The van der Waals surface area contributed by atoms with Crippen molar-refractivity contribution in [2.45, 2.75) is 18.8 Å². The maximum atomic E-state index is 12.5. The van der Waals surface area contributed by atoms with Gasteiger partial charge in [0, 0.05) is 51.3 Å². The van der Waals surface area contributed by atoms with E-state index < -0.39 is 5.91 Å². The zero-order valence-corrected chi connectivity index (χ0v) is 20.6. The van der Waals surface area contributed by atoms with Crippen LogP contribution in [0.2, 0.25) is 0 Å². The summed E-state index contributed by atoms with van der Waals surface area (Å²) in [6, 6.07) is 5.32. The molecule has 0 unspecified atom stereocenters. The summed E-state index contributed by atoms with van der Waals surface area (Å²) in [5.41, 5.74) is 1.94. The van der Waals surface area contributed by atoms with Crippen LogP contribution in [-0.2, 0) is 11.8 Å². The minimum atomic E-state index is -0.448. The number of rotatable bonds is 7. The van der Waals surface area contributed by atoms with Gasteiger partial charge in [0.15, 0.2) is 17.2 Å². The van der Waals surface area contributed by atoms with E-state index in [1.165, 1.54) is 24.1 Å². The third-order valence-corrected chi connectivity index (χ3v) is 6.47. The van der Waals surface area contributed by atoms with Gasteiger partial charge in [0.05, 0.1) is 5.69 Å². The van der Waals surface area contributed by atoms with Crippen LogP contribution < -0.4 is 16.0 Å². The molecule has 0 spiro atoms. The van der Waals surface area contributed by atoms with Crippen LogP contribution >= 0.6 is 0 Å². The molecular weight excluding hydrogens is 492 g/mol. The number of aryl methyl sites for hydroxylation is 1. The zero-order valence-electron chi connectivity index (χ0n) is 20.6. The first-order valence-electron chi connectivity index (χ1n) is 12.1. The van der Waals surface area contributed by atoms with Crippen molar-refractivity contribution < 1.29 is 14.4 Å². The minimum absolute atomic E-state index is 0.00586. The molecule has 2 fully saturated rings. The van der Waals surface area contributed by atoms with Crippen LogP contribution in [-0.4, -0.2) is 82.3 Å². The van der Waals surface area contributed by atoms with E-state index in [1.807, 2.05) is 18.3 Å². The number of amides is 3. The van der Waals surface area contributed by atoms with Gasteiger partial charge in [-0.25, -0.2) is 9.50 Å². The molecular formula is C23H24N12O3. The van der Waals surface area contributed by atoms with E-state index in [1.54, 1.807) is 16.5 Å². The number of carbonyl (C=O) groups is 3. The predicted molar refractivity (Wildman–Crippen MR) is 133 cm³/mol. The van der Waals surface area contributed by atoms with E-state index in [0.29, 0.717) is 24.4 Å². The van der Waals surface area contributed by atoms with Crippen LogP contribution in [0.3, 0.4) is 0 Å². The molecule has 0 atom stereocenters. The van der Waals surface area contributed by atoms with Crippen LogP contribution in [0.1, 0.15) is 45.4 Å². The molecule has 5 heterocycles. The van der Waals surface area contributed by atoms with Crippen molar-refractivity contribution in [3.05, 3.63) is 47.8 Å². The second-order valence-corrected chi connectivity index (χ2v) is 9.31. The van der Waals surface area contributed by atoms with Crippen molar-refractivity contribution in [2.24, 2.45) is 13.0 Å². The highest BCUT2D eigenvalue weighted by Gasteiger charge is 2.34. The molecule has 4 aromatic heterocycles. The van der Waals surface area contributed by atoms with Gasteiger partial charge in [-0.1, -0.05) is 6.07 Å². The summed E-state index contributed by atoms with van der Waals surface area (Å²) in [5.74, 6) is 0.0360. The van der Waals surface area contributed by atoms with Gasteiger partial charge in [-0.15, -0.1) is 20.4 Å².